The Morgan fingerprint density at radius 1 is 0.909 bits per heavy atom. The van der Waals surface area contributed by atoms with Gasteiger partial charge in [0.05, 0.1) is 16.7 Å². The van der Waals surface area contributed by atoms with E-state index in [1.165, 1.54) is 4.57 Å². The van der Waals surface area contributed by atoms with Crippen LogP contribution < -0.4 is 16.2 Å². The van der Waals surface area contributed by atoms with Gasteiger partial charge in [0.25, 0.3) is 5.56 Å². The van der Waals surface area contributed by atoms with Gasteiger partial charge in [0.2, 0.25) is 11.8 Å². The maximum absolute atomic E-state index is 13.5. The van der Waals surface area contributed by atoms with E-state index in [-0.39, 0.29) is 24.1 Å². The lowest BCUT2D eigenvalue weighted by molar-refractivity contribution is -0.117. The first kappa shape index (κ1) is 22.0. The second-order valence-corrected chi connectivity index (χ2v) is 7.71. The number of aromatic nitrogens is 2. The zero-order chi connectivity index (χ0) is 23.4. The lowest BCUT2D eigenvalue weighted by Crippen LogP contribution is -2.30. The van der Waals surface area contributed by atoms with Crippen molar-refractivity contribution in [2.75, 3.05) is 10.6 Å². The molecule has 0 bridgehead atoms. The van der Waals surface area contributed by atoms with Gasteiger partial charge in [-0.3, -0.25) is 19.0 Å². The van der Waals surface area contributed by atoms with Gasteiger partial charge in [-0.15, -0.1) is 0 Å². The Balaban J connectivity index is 1.79. The molecule has 0 aliphatic heterocycles. The van der Waals surface area contributed by atoms with Crippen molar-refractivity contribution < 1.29 is 9.59 Å². The average molecular weight is 441 g/mol. The first-order chi connectivity index (χ1) is 16.0. The van der Waals surface area contributed by atoms with E-state index in [2.05, 4.69) is 15.6 Å². The lowest BCUT2D eigenvalue weighted by Gasteiger charge is -2.15. The molecule has 0 spiro atoms. The minimum absolute atomic E-state index is 0.166. The second kappa shape index (κ2) is 9.48. The lowest BCUT2D eigenvalue weighted by atomic mass is 10.1. The molecule has 3 aromatic carbocycles. The van der Waals surface area contributed by atoms with Gasteiger partial charge in [-0.1, -0.05) is 49.4 Å². The molecular formula is C26H24N4O3. The summed E-state index contributed by atoms with van der Waals surface area (Å²) in [5.41, 5.74) is 3.58. The molecule has 4 rings (SSSR count). The number of nitrogens with zero attached hydrogens (tertiary/aromatic N) is 2. The van der Waals surface area contributed by atoms with Crippen molar-refractivity contribution in [3.05, 3.63) is 88.7 Å². The van der Waals surface area contributed by atoms with Crippen molar-refractivity contribution in [1.29, 1.82) is 0 Å². The first-order valence-electron chi connectivity index (χ1n) is 10.7. The summed E-state index contributed by atoms with van der Waals surface area (Å²) in [5, 5.41) is 5.68. The van der Waals surface area contributed by atoms with Crippen molar-refractivity contribution in [3.63, 3.8) is 0 Å². The Kier molecular flexibility index (Phi) is 6.31. The number of fused-ring (bicyclic) bond motifs is 1. The first-order valence-corrected chi connectivity index (χ1v) is 10.7. The molecule has 0 saturated carbocycles. The number of nitrogens with one attached hydrogen (secondary N) is 2. The molecule has 7 heteroatoms. The van der Waals surface area contributed by atoms with Crippen molar-refractivity contribution in [1.82, 2.24) is 9.55 Å². The van der Waals surface area contributed by atoms with Gasteiger partial charge in [0.15, 0.2) is 0 Å². The highest BCUT2D eigenvalue weighted by molar-refractivity contribution is 5.95. The topological polar surface area (TPSA) is 93.1 Å². The molecule has 2 N–H and O–H groups in total. The number of amides is 2. The predicted octanol–water partition coefficient (Wildman–Crippen LogP) is 4.36. The molecule has 0 fully saturated rings. The van der Waals surface area contributed by atoms with Crippen LogP contribution in [0, 0.1) is 6.92 Å². The third-order valence-electron chi connectivity index (χ3n) is 5.23. The Labute approximate surface area is 191 Å². The molecule has 0 aliphatic carbocycles. The highest BCUT2D eigenvalue weighted by Crippen LogP contribution is 2.26. The highest BCUT2D eigenvalue weighted by Gasteiger charge is 2.18. The third-order valence-corrected chi connectivity index (χ3v) is 5.23. The Morgan fingerprint density at radius 2 is 1.67 bits per heavy atom. The quantitative estimate of drug-likeness (QED) is 0.466. The van der Waals surface area contributed by atoms with Crippen LogP contribution >= 0.6 is 0 Å². The number of anilines is 2. The number of rotatable bonds is 6. The Morgan fingerprint density at radius 3 is 2.45 bits per heavy atom. The van der Waals surface area contributed by atoms with E-state index in [1.54, 1.807) is 55.5 Å². The number of hydrogen-bond acceptors (Lipinski definition) is 4. The molecule has 1 aromatic heterocycles. The maximum atomic E-state index is 13.5. The molecule has 0 atom stereocenters. The molecule has 1 heterocycles. The number of para-hydroxylation sites is 3. The SMILES string of the molecule is CCC(=O)Nc1ccccc1-c1nc2ccccc2n(CC(=O)Nc2cccc(C)c2)c1=O. The van der Waals surface area contributed by atoms with E-state index < -0.39 is 5.56 Å². The zero-order valence-electron chi connectivity index (χ0n) is 18.5. The molecule has 0 radical (unpaired) electrons. The Hall–Kier alpha value is -4.26. The fraction of sp³-hybridized carbons (Fsp3) is 0.154. The molecule has 2 amide bonds. The summed E-state index contributed by atoms with van der Waals surface area (Å²) in [6, 6.07) is 21.7. The van der Waals surface area contributed by atoms with Gasteiger partial charge in [-0.05, 0) is 42.8 Å². The summed E-state index contributed by atoms with van der Waals surface area (Å²) in [7, 11) is 0. The number of aryl methyl sites for hydroxylation is 1. The zero-order valence-corrected chi connectivity index (χ0v) is 18.5. The highest BCUT2D eigenvalue weighted by atomic mass is 16.2. The van der Waals surface area contributed by atoms with Gasteiger partial charge < -0.3 is 10.6 Å². The minimum atomic E-state index is -0.411. The van der Waals surface area contributed by atoms with Crippen molar-refractivity contribution in [2.45, 2.75) is 26.8 Å². The predicted molar refractivity (Wildman–Crippen MR) is 130 cm³/mol. The summed E-state index contributed by atoms with van der Waals surface area (Å²) >= 11 is 0. The third kappa shape index (κ3) is 4.82. The van der Waals surface area contributed by atoms with Gasteiger partial charge in [-0.2, -0.15) is 0 Å². The van der Waals surface area contributed by atoms with Gasteiger partial charge in [0, 0.05) is 17.7 Å². The van der Waals surface area contributed by atoms with Crippen LogP contribution in [0.4, 0.5) is 11.4 Å². The molecule has 0 unspecified atom stereocenters. The average Bonchev–Trinajstić information content (AvgIpc) is 2.81. The summed E-state index contributed by atoms with van der Waals surface area (Å²) in [6.45, 7) is 3.52. The smallest absolute Gasteiger partial charge is 0.278 e. The molecular weight excluding hydrogens is 416 g/mol. The molecule has 0 saturated heterocycles. The second-order valence-electron chi connectivity index (χ2n) is 7.71. The van der Waals surface area contributed by atoms with Crippen LogP contribution in [0.15, 0.2) is 77.6 Å². The van der Waals surface area contributed by atoms with Crippen LogP contribution in [0.25, 0.3) is 22.3 Å². The molecule has 0 aliphatic rings. The van der Waals surface area contributed by atoms with Crippen LogP contribution in [0.1, 0.15) is 18.9 Å². The molecule has 7 nitrogen and oxygen atoms in total. The maximum Gasteiger partial charge on any atom is 0.278 e. The molecule has 4 aromatic rings. The summed E-state index contributed by atoms with van der Waals surface area (Å²) in [6.07, 6.45) is 0.308. The van der Waals surface area contributed by atoms with E-state index in [0.29, 0.717) is 34.4 Å². The van der Waals surface area contributed by atoms with E-state index in [9.17, 15) is 14.4 Å². The number of carbonyl (C=O) groups is 2. The number of hydrogen-bond donors (Lipinski definition) is 2. The van der Waals surface area contributed by atoms with Gasteiger partial charge in [-0.25, -0.2) is 4.98 Å². The normalized spacial score (nSPS) is 10.7. The van der Waals surface area contributed by atoms with Crippen LogP contribution in [-0.4, -0.2) is 21.4 Å². The van der Waals surface area contributed by atoms with Crippen LogP contribution in [0.3, 0.4) is 0 Å². The van der Waals surface area contributed by atoms with Gasteiger partial charge in [0.1, 0.15) is 12.2 Å². The molecule has 33 heavy (non-hydrogen) atoms. The fourth-order valence-corrected chi connectivity index (χ4v) is 3.63. The largest absolute Gasteiger partial charge is 0.325 e. The van der Waals surface area contributed by atoms with Crippen LogP contribution in [0.5, 0.6) is 0 Å². The summed E-state index contributed by atoms with van der Waals surface area (Å²) in [4.78, 5) is 43.0. The van der Waals surface area contributed by atoms with E-state index >= 15 is 0 Å². The standard InChI is InChI=1S/C26H24N4O3/c1-3-23(31)28-20-12-5-4-11-19(20)25-26(33)30(22-14-7-6-13-21(22)29-25)16-24(32)27-18-10-8-9-17(2)15-18/h4-15H,3,16H2,1-2H3,(H,27,32)(H,28,31). The Bertz CT molecular complexity index is 1410. The van der Waals surface area contributed by atoms with Crippen molar-refractivity contribution >= 4 is 34.2 Å². The van der Waals surface area contributed by atoms with Crippen molar-refractivity contribution in [2.24, 2.45) is 0 Å². The van der Waals surface area contributed by atoms with E-state index in [4.69, 9.17) is 0 Å². The minimum Gasteiger partial charge on any atom is -0.325 e. The molecule has 166 valence electrons. The summed E-state index contributed by atoms with van der Waals surface area (Å²) in [5.74, 6) is -0.487. The summed E-state index contributed by atoms with van der Waals surface area (Å²) < 4.78 is 1.42. The van der Waals surface area contributed by atoms with E-state index in [1.807, 2.05) is 31.2 Å². The van der Waals surface area contributed by atoms with Gasteiger partial charge >= 0.3 is 0 Å². The number of carbonyl (C=O) groups excluding carboxylic acids is 2. The van der Waals surface area contributed by atoms with Crippen LogP contribution in [0.2, 0.25) is 0 Å². The van der Waals surface area contributed by atoms with Crippen LogP contribution in [-0.2, 0) is 16.1 Å². The van der Waals surface area contributed by atoms with Crippen molar-refractivity contribution in [3.8, 4) is 11.3 Å². The van der Waals surface area contributed by atoms with E-state index in [0.717, 1.165) is 5.56 Å². The number of benzene rings is 3. The monoisotopic (exact) mass is 440 g/mol. The fourth-order valence-electron chi connectivity index (χ4n) is 3.63.